The Bertz CT molecular complexity index is 1010. The number of nitrogens with one attached hydrogen (secondary N) is 1. The third kappa shape index (κ3) is 4.20. The van der Waals surface area contributed by atoms with Crippen LogP contribution in [-0.2, 0) is 13.2 Å². The van der Waals surface area contributed by atoms with Crippen molar-refractivity contribution in [3.63, 3.8) is 0 Å². The molecule has 1 aromatic heterocycles. The van der Waals surface area contributed by atoms with Crippen molar-refractivity contribution in [3.8, 4) is 0 Å². The molecule has 0 aliphatic heterocycles. The maximum absolute atomic E-state index is 12.8. The molecular formula is C20H22N4O2S. The van der Waals surface area contributed by atoms with Crippen LogP contribution < -0.4 is 10.9 Å². The van der Waals surface area contributed by atoms with Crippen molar-refractivity contribution in [2.24, 2.45) is 0 Å². The Labute approximate surface area is 162 Å². The van der Waals surface area contributed by atoms with Gasteiger partial charge in [-0.15, -0.1) is 11.8 Å². The van der Waals surface area contributed by atoms with Gasteiger partial charge in [0.1, 0.15) is 0 Å². The van der Waals surface area contributed by atoms with Crippen LogP contribution in [0.5, 0.6) is 0 Å². The summed E-state index contributed by atoms with van der Waals surface area (Å²) in [5.74, 6) is -0.310. The minimum Gasteiger partial charge on any atom is -0.354 e. The van der Waals surface area contributed by atoms with Crippen molar-refractivity contribution in [2.45, 2.75) is 18.1 Å². The molecule has 0 fully saturated rings. The minimum absolute atomic E-state index is 0.206. The Balaban J connectivity index is 1.90. The third-order valence-corrected chi connectivity index (χ3v) is 5.04. The summed E-state index contributed by atoms with van der Waals surface area (Å²) in [6.07, 6.45) is 2.04. The maximum atomic E-state index is 12.8. The molecule has 0 unspecified atom stereocenters. The molecular weight excluding hydrogens is 360 g/mol. The number of hydrogen-bond acceptors (Lipinski definition) is 5. The lowest BCUT2D eigenvalue weighted by Gasteiger charge is -2.18. The lowest BCUT2D eigenvalue weighted by atomic mass is 10.1. The smallest absolute Gasteiger partial charge is 0.275 e. The molecule has 1 N–H and O–H groups in total. The van der Waals surface area contributed by atoms with E-state index in [-0.39, 0.29) is 23.8 Å². The number of fused-ring (bicyclic) bond motifs is 1. The second kappa shape index (κ2) is 8.37. The van der Waals surface area contributed by atoms with E-state index in [0.717, 1.165) is 5.56 Å². The number of nitrogens with zero attached hydrogens (tertiary/aromatic N) is 3. The van der Waals surface area contributed by atoms with E-state index in [1.807, 2.05) is 18.2 Å². The molecule has 0 atom stereocenters. The highest BCUT2D eigenvalue weighted by atomic mass is 32.2. The molecule has 0 aliphatic carbocycles. The van der Waals surface area contributed by atoms with E-state index in [2.05, 4.69) is 34.7 Å². The zero-order valence-electron chi connectivity index (χ0n) is 15.6. The second-order valence-corrected chi connectivity index (χ2v) is 7.16. The number of carbonyl (C=O) groups excluding carboxylic acids is 1. The van der Waals surface area contributed by atoms with Gasteiger partial charge in [0.15, 0.2) is 5.69 Å². The summed E-state index contributed by atoms with van der Waals surface area (Å²) in [6.45, 7) is 0.961. The first-order valence-electron chi connectivity index (χ1n) is 8.57. The predicted molar refractivity (Wildman–Crippen MR) is 109 cm³/mol. The van der Waals surface area contributed by atoms with Crippen molar-refractivity contribution >= 4 is 28.4 Å². The van der Waals surface area contributed by atoms with Gasteiger partial charge in [-0.2, -0.15) is 5.10 Å². The van der Waals surface area contributed by atoms with E-state index >= 15 is 0 Å². The summed E-state index contributed by atoms with van der Waals surface area (Å²) in [7, 11) is 3.48. The summed E-state index contributed by atoms with van der Waals surface area (Å²) in [6, 6.07) is 15.4. The summed E-state index contributed by atoms with van der Waals surface area (Å²) < 4.78 is 1.35. The first-order chi connectivity index (χ1) is 13.0. The Hall–Kier alpha value is -2.64. The van der Waals surface area contributed by atoms with Crippen LogP contribution in [0, 0.1) is 0 Å². The molecule has 0 saturated carbocycles. The molecule has 0 aliphatic rings. The van der Waals surface area contributed by atoms with Gasteiger partial charge in [-0.05, 0) is 37.1 Å². The van der Waals surface area contributed by atoms with E-state index in [0.29, 0.717) is 17.3 Å². The molecule has 0 radical (unpaired) electrons. The Morgan fingerprint density at radius 3 is 2.44 bits per heavy atom. The van der Waals surface area contributed by atoms with Crippen LogP contribution in [0.4, 0.5) is 0 Å². The van der Waals surface area contributed by atoms with Crippen molar-refractivity contribution < 1.29 is 4.79 Å². The predicted octanol–water partition coefficient (Wildman–Crippen LogP) is 2.57. The van der Waals surface area contributed by atoms with Crippen LogP contribution in [0.25, 0.3) is 10.8 Å². The second-order valence-electron chi connectivity index (χ2n) is 6.28. The van der Waals surface area contributed by atoms with E-state index in [4.69, 9.17) is 0 Å². The van der Waals surface area contributed by atoms with Crippen LogP contribution in [0.2, 0.25) is 0 Å². The SMILES string of the molecule is CNC(=O)c1nn(CN(C)Cc2ccc(SC)cc2)c(=O)c2ccccc12. The molecule has 1 amide bonds. The highest BCUT2D eigenvalue weighted by Gasteiger charge is 2.16. The molecule has 6 nitrogen and oxygen atoms in total. The Kier molecular flexibility index (Phi) is 5.93. The number of aromatic nitrogens is 2. The fourth-order valence-electron chi connectivity index (χ4n) is 2.94. The summed E-state index contributed by atoms with van der Waals surface area (Å²) >= 11 is 1.70. The van der Waals surface area contributed by atoms with Gasteiger partial charge in [-0.25, -0.2) is 4.68 Å². The zero-order chi connectivity index (χ0) is 19.4. The quantitative estimate of drug-likeness (QED) is 0.664. The van der Waals surface area contributed by atoms with Crippen LogP contribution in [0.15, 0.2) is 58.2 Å². The van der Waals surface area contributed by atoms with Crippen LogP contribution in [-0.4, -0.2) is 40.9 Å². The van der Waals surface area contributed by atoms with E-state index in [1.165, 1.54) is 9.58 Å². The number of rotatable bonds is 6. The molecule has 0 bridgehead atoms. The molecule has 7 heteroatoms. The number of thioether (sulfide) groups is 1. The lowest BCUT2D eigenvalue weighted by molar-refractivity contribution is 0.0956. The summed E-state index contributed by atoms with van der Waals surface area (Å²) in [5, 5.41) is 7.97. The largest absolute Gasteiger partial charge is 0.354 e. The van der Waals surface area contributed by atoms with Gasteiger partial charge < -0.3 is 5.32 Å². The topological polar surface area (TPSA) is 67.2 Å². The monoisotopic (exact) mass is 382 g/mol. The standard InChI is InChI=1S/C20H22N4O2S/c1-21-19(25)18-16-6-4-5-7-17(16)20(26)24(22-18)13-23(2)12-14-8-10-15(27-3)11-9-14/h4-11H,12-13H2,1-3H3,(H,21,25). The van der Waals surface area contributed by atoms with E-state index in [9.17, 15) is 9.59 Å². The van der Waals surface area contributed by atoms with E-state index < -0.39 is 0 Å². The number of amides is 1. The number of hydrogen-bond donors (Lipinski definition) is 1. The average molecular weight is 382 g/mol. The molecule has 3 rings (SSSR count). The highest BCUT2D eigenvalue weighted by molar-refractivity contribution is 7.98. The fourth-order valence-corrected chi connectivity index (χ4v) is 3.35. The maximum Gasteiger partial charge on any atom is 0.275 e. The third-order valence-electron chi connectivity index (χ3n) is 4.30. The minimum atomic E-state index is -0.310. The molecule has 140 valence electrons. The van der Waals surface area contributed by atoms with E-state index in [1.54, 1.807) is 43.1 Å². The van der Waals surface area contributed by atoms with Crippen molar-refractivity contribution in [1.82, 2.24) is 20.0 Å². The number of benzene rings is 2. The highest BCUT2D eigenvalue weighted by Crippen LogP contribution is 2.16. The van der Waals surface area contributed by atoms with Gasteiger partial charge in [0.25, 0.3) is 11.5 Å². The fraction of sp³-hybridized carbons (Fsp3) is 0.250. The first-order valence-corrected chi connectivity index (χ1v) is 9.79. The van der Waals surface area contributed by atoms with Crippen molar-refractivity contribution in [3.05, 3.63) is 70.1 Å². The lowest BCUT2D eigenvalue weighted by Crippen LogP contribution is -2.34. The zero-order valence-corrected chi connectivity index (χ0v) is 16.4. The summed E-state index contributed by atoms with van der Waals surface area (Å²) in [5.41, 5.74) is 1.20. The van der Waals surface area contributed by atoms with Crippen LogP contribution in [0.1, 0.15) is 16.1 Å². The summed E-state index contributed by atoms with van der Waals surface area (Å²) in [4.78, 5) is 28.2. The average Bonchev–Trinajstić information content (AvgIpc) is 2.70. The molecule has 1 heterocycles. The van der Waals surface area contributed by atoms with Gasteiger partial charge in [0.05, 0.1) is 12.1 Å². The Morgan fingerprint density at radius 2 is 1.81 bits per heavy atom. The Morgan fingerprint density at radius 1 is 1.15 bits per heavy atom. The van der Waals surface area contributed by atoms with Crippen molar-refractivity contribution in [1.29, 1.82) is 0 Å². The normalized spacial score (nSPS) is 11.1. The van der Waals surface area contributed by atoms with Crippen LogP contribution >= 0.6 is 11.8 Å². The first kappa shape index (κ1) is 19.1. The number of carbonyl (C=O) groups is 1. The van der Waals surface area contributed by atoms with Gasteiger partial charge in [0.2, 0.25) is 0 Å². The van der Waals surface area contributed by atoms with Gasteiger partial charge >= 0.3 is 0 Å². The van der Waals surface area contributed by atoms with Gasteiger partial charge in [0, 0.05) is 23.9 Å². The van der Waals surface area contributed by atoms with Gasteiger partial charge in [-0.1, -0.05) is 30.3 Å². The van der Waals surface area contributed by atoms with Crippen LogP contribution in [0.3, 0.4) is 0 Å². The molecule has 3 aromatic rings. The van der Waals surface area contributed by atoms with Gasteiger partial charge in [-0.3, -0.25) is 14.5 Å². The molecule has 0 spiro atoms. The molecule has 2 aromatic carbocycles. The molecule has 27 heavy (non-hydrogen) atoms. The van der Waals surface area contributed by atoms with Crippen molar-refractivity contribution in [2.75, 3.05) is 20.4 Å². The molecule has 0 saturated heterocycles.